The number of hydrogen-bond acceptors (Lipinski definition) is 4. The summed E-state index contributed by atoms with van der Waals surface area (Å²) in [6.45, 7) is 6.63. The number of methoxy groups -OCH3 is 1. The van der Waals surface area contributed by atoms with Gasteiger partial charge in [0.2, 0.25) is 10.0 Å². The molecule has 0 unspecified atom stereocenters. The minimum Gasteiger partial charge on any atom is -0.385 e. The highest BCUT2D eigenvalue weighted by Gasteiger charge is 2.14. The van der Waals surface area contributed by atoms with E-state index in [1.54, 1.807) is 19.2 Å². The lowest BCUT2D eigenvalue weighted by Gasteiger charge is -2.11. The molecule has 5 nitrogen and oxygen atoms in total. The molecule has 1 aromatic rings. The Hall–Kier alpha value is -0.950. The second-order valence-corrected chi connectivity index (χ2v) is 6.78. The minimum atomic E-state index is -3.44. The molecule has 0 heterocycles. The van der Waals surface area contributed by atoms with Gasteiger partial charge in [-0.25, -0.2) is 13.1 Å². The molecule has 0 radical (unpaired) electrons. The van der Waals surface area contributed by atoms with Crippen molar-refractivity contribution >= 4 is 10.0 Å². The van der Waals surface area contributed by atoms with Crippen molar-refractivity contribution in [3.63, 3.8) is 0 Å². The summed E-state index contributed by atoms with van der Waals surface area (Å²) in [5, 5.41) is 3.30. The topological polar surface area (TPSA) is 67.4 Å². The number of benzene rings is 1. The summed E-state index contributed by atoms with van der Waals surface area (Å²) in [4.78, 5) is 0.318. The summed E-state index contributed by atoms with van der Waals surface area (Å²) in [5.41, 5.74) is 2.11. The second-order valence-electron chi connectivity index (χ2n) is 5.01. The Kier molecular flexibility index (Phi) is 7.88. The first-order chi connectivity index (χ1) is 10.0. The van der Waals surface area contributed by atoms with Crippen LogP contribution in [0.5, 0.6) is 0 Å². The summed E-state index contributed by atoms with van der Waals surface area (Å²) < 4.78 is 31.9. The number of aryl methyl sites for hydroxylation is 1. The monoisotopic (exact) mass is 314 g/mol. The molecule has 0 aliphatic carbocycles. The lowest BCUT2D eigenvalue weighted by atomic mass is 10.1. The molecule has 0 aliphatic rings. The number of nitrogens with one attached hydrogen (secondary N) is 2. The first kappa shape index (κ1) is 18.1. The van der Waals surface area contributed by atoms with Crippen LogP contribution in [0.2, 0.25) is 0 Å². The molecule has 0 atom stereocenters. The van der Waals surface area contributed by atoms with E-state index in [0.717, 1.165) is 24.1 Å². The SMILES string of the molecule is CCCNCc1cc(S(=O)(=O)NCCCOC)ccc1C. The molecule has 1 rings (SSSR count). The van der Waals surface area contributed by atoms with Gasteiger partial charge in [-0.3, -0.25) is 0 Å². The van der Waals surface area contributed by atoms with Crippen molar-refractivity contribution in [1.29, 1.82) is 0 Å². The maximum absolute atomic E-state index is 12.2. The van der Waals surface area contributed by atoms with Crippen molar-refractivity contribution in [2.24, 2.45) is 0 Å². The van der Waals surface area contributed by atoms with Gasteiger partial charge >= 0.3 is 0 Å². The van der Waals surface area contributed by atoms with Crippen LogP contribution in [0.25, 0.3) is 0 Å². The normalized spacial score (nSPS) is 11.8. The van der Waals surface area contributed by atoms with Crippen molar-refractivity contribution < 1.29 is 13.2 Å². The van der Waals surface area contributed by atoms with Crippen molar-refractivity contribution in [3.05, 3.63) is 29.3 Å². The van der Waals surface area contributed by atoms with Crippen LogP contribution in [-0.4, -0.2) is 35.2 Å². The first-order valence-electron chi connectivity index (χ1n) is 7.30. The van der Waals surface area contributed by atoms with Gasteiger partial charge in [-0.1, -0.05) is 13.0 Å². The molecular weight excluding hydrogens is 288 g/mol. The summed E-state index contributed by atoms with van der Waals surface area (Å²) in [6, 6.07) is 5.25. The fourth-order valence-electron chi connectivity index (χ4n) is 1.91. The standard InChI is InChI=1S/C15H26N2O3S/c1-4-8-16-12-14-11-15(7-6-13(14)2)21(18,19)17-9-5-10-20-3/h6-7,11,16-17H,4-5,8-10,12H2,1-3H3. The van der Waals surface area contributed by atoms with Crippen LogP contribution in [0.3, 0.4) is 0 Å². The lowest BCUT2D eigenvalue weighted by Crippen LogP contribution is -2.26. The van der Waals surface area contributed by atoms with Gasteiger partial charge < -0.3 is 10.1 Å². The maximum Gasteiger partial charge on any atom is 0.240 e. The van der Waals surface area contributed by atoms with Crippen molar-refractivity contribution in [1.82, 2.24) is 10.0 Å². The third-order valence-electron chi connectivity index (χ3n) is 3.19. The van der Waals surface area contributed by atoms with E-state index in [1.165, 1.54) is 0 Å². The van der Waals surface area contributed by atoms with Gasteiger partial charge in [-0.2, -0.15) is 0 Å². The zero-order valence-electron chi connectivity index (χ0n) is 13.1. The smallest absolute Gasteiger partial charge is 0.240 e. The summed E-state index contributed by atoms with van der Waals surface area (Å²) in [6.07, 6.45) is 1.71. The Labute approximate surface area is 128 Å². The molecule has 0 amide bonds. The zero-order valence-corrected chi connectivity index (χ0v) is 13.9. The van der Waals surface area contributed by atoms with Gasteiger partial charge in [0.15, 0.2) is 0 Å². The van der Waals surface area contributed by atoms with Crippen molar-refractivity contribution in [3.8, 4) is 0 Å². The third kappa shape index (κ3) is 6.13. The Balaban J connectivity index is 2.75. The Morgan fingerprint density at radius 1 is 1.24 bits per heavy atom. The van der Waals surface area contributed by atoms with E-state index < -0.39 is 10.0 Å². The lowest BCUT2D eigenvalue weighted by molar-refractivity contribution is 0.196. The van der Waals surface area contributed by atoms with Crippen LogP contribution in [0.4, 0.5) is 0 Å². The number of sulfonamides is 1. The van der Waals surface area contributed by atoms with Gasteiger partial charge in [0.1, 0.15) is 0 Å². The van der Waals surface area contributed by atoms with Crippen LogP contribution < -0.4 is 10.0 Å². The molecule has 120 valence electrons. The molecule has 0 spiro atoms. The van der Waals surface area contributed by atoms with Gasteiger partial charge in [0, 0.05) is 26.8 Å². The quantitative estimate of drug-likeness (QED) is 0.646. The number of hydrogen-bond donors (Lipinski definition) is 2. The molecule has 0 aliphatic heterocycles. The second kappa shape index (κ2) is 9.15. The minimum absolute atomic E-state index is 0.318. The predicted molar refractivity (Wildman–Crippen MR) is 84.9 cm³/mol. The molecule has 6 heteroatoms. The Bertz CT molecular complexity index is 530. The maximum atomic E-state index is 12.2. The van der Waals surface area contributed by atoms with Crippen LogP contribution in [0, 0.1) is 6.92 Å². The molecule has 1 aromatic carbocycles. The molecule has 0 saturated carbocycles. The van der Waals surface area contributed by atoms with E-state index in [4.69, 9.17) is 4.74 Å². The Morgan fingerprint density at radius 2 is 2.00 bits per heavy atom. The summed E-state index contributed by atoms with van der Waals surface area (Å²) in [5.74, 6) is 0. The average molecular weight is 314 g/mol. The van der Waals surface area contributed by atoms with Gasteiger partial charge in [0.25, 0.3) is 0 Å². The van der Waals surface area contributed by atoms with Gasteiger partial charge in [0.05, 0.1) is 4.90 Å². The highest BCUT2D eigenvalue weighted by molar-refractivity contribution is 7.89. The van der Waals surface area contributed by atoms with E-state index in [2.05, 4.69) is 17.0 Å². The van der Waals surface area contributed by atoms with Crippen molar-refractivity contribution in [2.45, 2.75) is 38.1 Å². The van der Waals surface area contributed by atoms with E-state index in [0.29, 0.717) is 31.0 Å². The molecule has 2 N–H and O–H groups in total. The zero-order chi connectivity index (χ0) is 15.7. The first-order valence-corrected chi connectivity index (χ1v) is 8.78. The molecule has 0 bridgehead atoms. The highest BCUT2D eigenvalue weighted by Crippen LogP contribution is 2.15. The molecule has 0 fully saturated rings. The molecular formula is C15H26N2O3S. The fraction of sp³-hybridized carbons (Fsp3) is 0.600. The molecule has 0 saturated heterocycles. The fourth-order valence-corrected chi connectivity index (χ4v) is 3.04. The van der Waals surface area contributed by atoms with E-state index >= 15 is 0 Å². The van der Waals surface area contributed by atoms with Gasteiger partial charge in [-0.15, -0.1) is 0 Å². The molecule has 21 heavy (non-hydrogen) atoms. The highest BCUT2D eigenvalue weighted by atomic mass is 32.2. The van der Waals surface area contributed by atoms with Crippen LogP contribution in [0.15, 0.2) is 23.1 Å². The predicted octanol–water partition coefficient (Wildman–Crippen LogP) is 1.81. The average Bonchev–Trinajstić information content (AvgIpc) is 2.45. The number of ether oxygens (including phenoxy) is 1. The van der Waals surface area contributed by atoms with E-state index in [1.807, 2.05) is 13.0 Å². The summed E-state index contributed by atoms with van der Waals surface area (Å²) in [7, 11) is -1.84. The van der Waals surface area contributed by atoms with Crippen LogP contribution in [0.1, 0.15) is 30.9 Å². The van der Waals surface area contributed by atoms with Crippen LogP contribution in [-0.2, 0) is 21.3 Å². The Morgan fingerprint density at radius 3 is 2.67 bits per heavy atom. The largest absolute Gasteiger partial charge is 0.385 e. The van der Waals surface area contributed by atoms with Gasteiger partial charge in [-0.05, 0) is 49.6 Å². The van der Waals surface area contributed by atoms with E-state index in [-0.39, 0.29) is 0 Å². The molecule has 0 aromatic heterocycles. The van der Waals surface area contributed by atoms with Crippen LogP contribution >= 0.6 is 0 Å². The third-order valence-corrected chi connectivity index (χ3v) is 4.65. The number of rotatable bonds is 10. The van der Waals surface area contributed by atoms with Crippen molar-refractivity contribution in [2.75, 3.05) is 26.8 Å². The summed E-state index contributed by atoms with van der Waals surface area (Å²) >= 11 is 0. The van der Waals surface area contributed by atoms with E-state index in [9.17, 15) is 8.42 Å².